The lowest BCUT2D eigenvalue weighted by Gasteiger charge is -2.25. The number of nitrogens with zero attached hydrogens (tertiary/aromatic N) is 2. The van der Waals surface area contributed by atoms with Crippen LogP contribution >= 0.6 is 11.6 Å². The number of fused-ring (bicyclic) bond motifs is 1. The predicted molar refractivity (Wildman–Crippen MR) is 118 cm³/mol. The summed E-state index contributed by atoms with van der Waals surface area (Å²) in [7, 11) is 0. The smallest absolute Gasteiger partial charge is 0.0832 e. The Morgan fingerprint density at radius 2 is 1.46 bits per heavy atom. The molecule has 1 heterocycles. The minimum Gasteiger partial charge on any atom is -0.257 e. The highest BCUT2D eigenvalue weighted by Gasteiger charge is 2.30. The highest BCUT2D eigenvalue weighted by atomic mass is 35.5. The first-order chi connectivity index (χ1) is 13.8. The Balaban J connectivity index is 1.65. The van der Waals surface area contributed by atoms with Crippen LogP contribution in [0.15, 0.2) is 102 Å². The van der Waals surface area contributed by atoms with Crippen LogP contribution in [0, 0.1) is 0 Å². The molecule has 5 rings (SSSR count). The molecule has 136 valence electrons. The van der Waals surface area contributed by atoms with Crippen molar-refractivity contribution in [3.63, 3.8) is 0 Å². The number of hydrazone groups is 1. The predicted octanol–water partition coefficient (Wildman–Crippen LogP) is 6.85. The van der Waals surface area contributed by atoms with E-state index < -0.39 is 0 Å². The van der Waals surface area contributed by atoms with E-state index >= 15 is 0 Å². The zero-order valence-electron chi connectivity index (χ0n) is 15.3. The molecule has 0 saturated heterocycles. The molecule has 1 aliphatic heterocycles. The third kappa shape index (κ3) is 3.06. The van der Waals surface area contributed by atoms with Crippen molar-refractivity contribution in [2.75, 3.05) is 5.01 Å². The lowest BCUT2D eigenvalue weighted by Crippen LogP contribution is -2.18. The molecule has 28 heavy (non-hydrogen) atoms. The second kappa shape index (κ2) is 7.14. The van der Waals surface area contributed by atoms with E-state index in [0.29, 0.717) is 0 Å². The van der Waals surface area contributed by atoms with Crippen molar-refractivity contribution in [1.82, 2.24) is 0 Å². The summed E-state index contributed by atoms with van der Waals surface area (Å²) in [4.78, 5) is 0. The second-order valence-electron chi connectivity index (χ2n) is 7.03. The summed E-state index contributed by atoms with van der Waals surface area (Å²) in [5.74, 6) is 0. The van der Waals surface area contributed by atoms with Crippen LogP contribution in [-0.2, 0) is 0 Å². The van der Waals surface area contributed by atoms with Crippen molar-refractivity contribution >= 4 is 33.8 Å². The van der Waals surface area contributed by atoms with Crippen LogP contribution in [-0.4, -0.2) is 5.71 Å². The Kier molecular flexibility index (Phi) is 4.34. The standard InChI is InChI=1S/C25H19ClN2/c26-21-15-13-19(14-16-21)23-17-25(20-8-2-1-3-9-20)28(27-23)24-12-6-10-18-7-4-5-11-22(18)24/h1-16,25H,17H2. The molecule has 0 aromatic heterocycles. The topological polar surface area (TPSA) is 15.6 Å². The van der Waals surface area contributed by atoms with Gasteiger partial charge in [-0.25, -0.2) is 0 Å². The Morgan fingerprint density at radius 1 is 0.750 bits per heavy atom. The van der Waals surface area contributed by atoms with Gasteiger partial charge in [0.05, 0.1) is 17.4 Å². The summed E-state index contributed by atoms with van der Waals surface area (Å²) in [6.07, 6.45) is 0.856. The van der Waals surface area contributed by atoms with Crippen LogP contribution in [0.3, 0.4) is 0 Å². The Morgan fingerprint density at radius 3 is 2.29 bits per heavy atom. The van der Waals surface area contributed by atoms with E-state index in [1.54, 1.807) is 0 Å². The largest absolute Gasteiger partial charge is 0.257 e. The molecule has 0 radical (unpaired) electrons. The van der Waals surface area contributed by atoms with Gasteiger partial charge in [0, 0.05) is 16.8 Å². The zero-order chi connectivity index (χ0) is 18.9. The van der Waals surface area contributed by atoms with Gasteiger partial charge in [0.15, 0.2) is 0 Å². The molecule has 0 amide bonds. The maximum absolute atomic E-state index is 6.08. The van der Waals surface area contributed by atoms with E-state index in [0.717, 1.165) is 28.4 Å². The maximum atomic E-state index is 6.08. The number of rotatable bonds is 3. The van der Waals surface area contributed by atoms with Crippen molar-refractivity contribution in [3.05, 3.63) is 113 Å². The molecule has 2 nitrogen and oxygen atoms in total. The molecule has 0 bridgehead atoms. The van der Waals surface area contributed by atoms with Crippen LogP contribution in [0.25, 0.3) is 10.8 Å². The van der Waals surface area contributed by atoms with E-state index in [9.17, 15) is 0 Å². The van der Waals surface area contributed by atoms with Crippen LogP contribution < -0.4 is 5.01 Å². The van der Waals surface area contributed by atoms with E-state index in [1.165, 1.54) is 16.3 Å². The van der Waals surface area contributed by atoms with Gasteiger partial charge in [-0.3, -0.25) is 5.01 Å². The monoisotopic (exact) mass is 382 g/mol. The lowest BCUT2D eigenvalue weighted by molar-refractivity contribution is 0.711. The molecule has 0 N–H and O–H groups in total. The first kappa shape index (κ1) is 17.0. The summed E-state index contributed by atoms with van der Waals surface area (Å²) < 4.78 is 0. The first-order valence-corrected chi connectivity index (χ1v) is 9.83. The van der Waals surface area contributed by atoms with Crippen molar-refractivity contribution in [1.29, 1.82) is 0 Å². The summed E-state index contributed by atoms with van der Waals surface area (Å²) in [5, 5.41) is 10.4. The third-order valence-electron chi connectivity index (χ3n) is 5.29. The molecular formula is C25H19ClN2. The van der Waals surface area contributed by atoms with Crippen LogP contribution in [0.5, 0.6) is 0 Å². The molecule has 4 aromatic rings. The fraction of sp³-hybridized carbons (Fsp3) is 0.0800. The molecule has 1 atom stereocenters. The summed E-state index contributed by atoms with van der Waals surface area (Å²) in [6.45, 7) is 0. The maximum Gasteiger partial charge on any atom is 0.0832 e. The normalized spacial score (nSPS) is 16.4. The Hall–Kier alpha value is -3.10. The van der Waals surface area contributed by atoms with Gasteiger partial charge in [0.25, 0.3) is 0 Å². The number of halogens is 1. The molecule has 0 aliphatic carbocycles. The molecule has 4 aromatic carbocycles. The molecule has 0 spiro atoms. The number of hydrogen-bond donors (Lipinski definition) is 0. The average Bonchev–Trinajstić information content (AvgIpc) is 3.20. The second-order valence-corrected chi connectivity index (χ2v) is 7.46. The van der Waals surface area contributed by atoms with Crippen LogP contribution in [0.4, 0.5) is 5.69 Å². The average molecular weight is 383 g/mol. The first-order valence-electron chi connectivity index (χ1n) is 9.45. The molecule has 1 unspecified atom stereocenters. The van der Waals surface area contributed by atoms with E-state index in [-0.39, 0.29) is 6.04 Å². The highest BCUT2D eigenvalue weighted by Crippen LogP contribution is 2.39. The van der Waals surface area contributed by atoms with E-state index in [2.05, 4.69) is 89.9 Å². The van der Waals surface area contributed by atoms with Gasteiger partial charge in [0.2, 0.25) is 0 Å². The van der Waals surface area contributed by atoms with Gasteiger partial charge < -0.3 is 0 Å². The van der Waals surface area contributed by atoms with Gasteiger partial charge in [-0.05, 0) is 34.7 Å². The number of hydrogen-bond acceptors (Lipinski definition) is 2. The minimum atomic E-state index is 0.165. The van der Waals surface area contributed by atoms with Crippen LogP contribution in [0.2, 0.25) is 5.02 Å². The highest BCUT2D eigenvalue weighted by molar-refractivity contribution is 6.30. The molecule has 3 heteroatoms. The summed E-state index contributed by atoms with van der Waals surface area (Å²) in [6, 6.07) is 33.6. The van der Waals surface area contributed by atoms with Crippen molar-refractivity contribution in [2.24, 2.45) is 5.10 Å². The fourth-order valence-corrected chi connectivity index (χ4v) is 4.02. The third-order valence-corrected chi connectivity index (χ3v) is 5.54. The zero-order valence-corrected chi connectivity index (χ0v) is 16.1. The quantitative estimate of drug-likeness (QED) is 0.378. The van der Waals surface area contributed by atoms with Gasteiger partial charge >= 0.3 is 0 Å². The van der Waals surface area contributed by atoms with Crippen molar-refractivity contribution < 1.29 is 0 Å². The fourth-order valence-electron chi connectivity index (χ4n) is 3.89. The van der Waals surface area contributed by atoms with E-state index in [4.69, 9.17) is 16.7 Å². The summed E-state index contributed by atoms with van der Waals surface area (Å²) >= 11 is 6.08. The van der Waals surface area contributed by atoms with E-state index in [1.807, 2.05) is 12.1 Å². The number of anilines is 1. The van der Waals surface area contributed by atoms with Gasteiger partial charge in [-0.2, -0.15) is 5.10 Å². The van der Waals surface area contributed by atoms with Crippen LogP contribution in [0.1, 0.15) is 23.6 Å². The Labute approximate surface area is 169 Å². The molecular weight excluding hydrogens is 364 g/mol. The number of benzene rings is 4. The summed E-state index contributed by atoms with van der Waals surface area (Å²) in [5.41, 5.74) is 4.60. The molecule has 1 aliphatic rings. The Bertz CT molecular complexity index is 1140. The van der Waals surface area contributed by atoms with Gasteiger partial charge in [-0.1, -0.05) is 90.5 Å². The van der Waals surface area contributed by atoms with Crippen molar-refractivity contribution in [3.8, 4) is 0 Å². The lowest BCUT2D eigenvalue weighted by atomic mass is 9.98. The van der Waals surface area contributed by atoms with Crippen molar-refractivity contribution in [2.45, 2.75) is 12.5 Å². The molecule has 0 fully saturated rings. The minimum absolute atomic E-state index is 0.165. The van der Waals surface area contributed by atoms with Gasteiger partial charge in [0.1, 0.15) is 0 Å². The SMILES string of the molecule is Clc1ccc(C2=NN(c3cccc4ccccc34)C(c3ccccc3)C2)cc1. The molecule has 0 saturated carbocycles. The van der Waals surface area contributed by atoms with Gasteiger partial charge in [-0.15, -0.1) is 0 Å².